The van der Waals surface area contributed by atoms with E-state index in [1.807, 2.05) is 38.2 Å². The van der Waals surface area contributed by atoms with E-state index < -0.39 is 0 Å². The van der Waals surface area contributed by atoms with Crippen LogP contribution in [0.4, 0.5) is 0 Å². The van der Waals surface area contributed by atoms with Crippen molar-refractivity contribution in [3.05, 3.63) is 35.4 Å². The molecular weight excluding hydrogens is 366 g/mol. The molecule has 0 aliphatic rings. The molecule has 0 fully saturated rings. The van der Waals surface area contributed by atoms with Gasteiger partial charge in [0.25, 0.3) is 5.91 Å². The number of nitrogens with zero attached hydrogens (tertiary/aromatic N) is 2. The van der Waals surface area contributed by atoms with Crippen LogP contribution in [0.5, 0.6) is 0 Å². The molecule has 0 aliphatic heterocycles. The van der Waals surface area contributed by atoms with Crippen molar-refractivity contribution in [2.24, 2.45) is 10.7 Å². The third-order valence-electron chi connectivity index (χ3n) is 4.88. The number of rotatable bonds is 14. The molecule has 0 radical (unpaired) electrons. The maximum atomic E-state index is 12.6. The van der Waals surface area contributed by atoms with Gasteiger partial charge in [-0.25, -0.2) is 0 Å². The summed E-state index contributed by atoms with van der Waals surface area (Å²) < 4.78 is 0. The molecule has 5 N–H and O–H groups in total. The van der Waals surface area contributed by atoms with Crippen molar-refractivity contribution in [1.29, 1.82) is 0 Å². The summed E-state index contributed by atoms with van der Waals surface area (Å²) >= 11 is 0. The molecule has 1 amide bonds. The van der Waals surface area contributed by atoms with Crippen molar-refractivity contribution in [3.8, 4) is 0 Å². The van der Waals surface area contributed by atoms with Crippen molar-refractivity contribution in [3.63, 3.8) is 0 Å². The van der Waals surface area contributed by atoms with Crippen molar-refractivity contribution in [1.82, 2.24) is 15.5 Å². The average molecular weight is 406 g/mol. The highest BCUT2D eigenvalue weighted by Gasteiger charge is 2.17. The Hall–Kier alpha value is -1.80. The zero-order valence-electron chi connectivity index (χ0n) is 18.5. The zero-order chi connectivity index (χ0) is 21.7. The molecule has 164 valence electrons. The number of nitrogens with two attached hydrogens (primary N) is 1. The van der Waals surface area contributed by atoms with E-state index in [2.05, 4.69) is 29.5 Å². The van der Waals surface area contributed by atoms with Crippen LogP contribution in [-0.4, -0.2) is 73.5 Å². The number of amides is 1. The van der Waals surface area contributed by atoms with Gasteiger partial charge in [-0.15, -0.1) is 0 Å². The molecule has 0 aromatic heterocycles. The minimum absolute atomic E-state index is 0.00920. The van der Waals surface area contributed by atoms with E-state index >= 15 is 0 Å². The van der Waals surface area contributed by atoms with Gasteiger partial charge in [-0.2, -0.15) is 0 Å². The smallest absolute Gasteiger partial charge is 0.253 e. The predicted molar refractivity (Wildman–Crippen MR) is 121 cm³/mol. The second-order valence-electron chi connectivity index (χ2n) is 8.03. The molecule has 0 atom stereocenters. The van der Waals surface area contributed by atoms with Crippen LogP contribution in [0.1, 0.15) is 49.5 Å². The fraction of sp³-hybridized carbons (Fsp3) is 0.636. The number of hydrogen-bond acceptors (Lipinski definition) is 6. The molecule has 0 spiro atoms. The van der Waals surface area contributed by atoms with Gasteiger partial charge in [0.2, 0.25) is 0 Å². The SMILES string of the molecule is C/C(CCNCCO)=N\CCC(C)(C)NCCN(C)C(=O)c1cccc(CN)c1. The Morgan fingerprint density at radius 1 is 1.28 bits per heavy atom. The number of likely N-dealkylation sites (N-methyl/N-ethyl adjacent to an activating group) is 1. The number of aliphatic imine (C=N–C) groups is 1. The topological polar surface area (TPSA) is 103 Å². The first-order valence-electron chi connectivity index (χ1n) is 10.4. The number of hydrogen-bond donors (Lipinski definition) is 4. The highest BCUT2D eigenvalue weighted by atomic mass is 16.3. The molecule has 1 aromatic rings. The molecule has 0 saturated carbocycles. The van der Waals surface area contributed by atoms with Gasteiger partial charge in [-0.05, 0) is 51.3 Å². The highest BCUT2D eigenvalue weighted by Crippen LogP contribution is 2.10. The molecular formula is C22H39N5O2. The molecule has 1 rings (SSSR count). The second kappa shape index (κ2) is 13.4. The van der Waals surface area contributed by atoms with E-state index in [4.69, 9.17) is 10.8 Å². The second-order valence-corrected chi connectivity index (χ2v) is 8.03. The van der Waals surface area contributed by atoms with Crippen molar-refractivity contribution in [2.45, 2.75) is 45.7 Å². The number of aliphatic hydroxyl groups is 1. The van der Waals surface area contributed by atoms with Gasteiger partial charge < -0.3 is 26.4 Å². The Morgan fingerprint density at radius 3 is 2.72 bits per heavy atom. The van der Waals surface area contributed by atoms with Crippen LogP contribution >= 0.6 is 0 Å². The lowest BCUT2D eigenvalue weighted by atomic mass is 10.0. The Bertz CT molecular complexity index is 646. The fourth-order valence-electron chi connectivity index (χ4n) is 2.88. The van der Waals surface area contributed by atoms with Crippen LogP contribution in [0.2, 0.25) is 0 Å². The van der Waals surface area contributed by atoms with Gasteiger partial charge in [-0.1, -0.05) is 12.1 Å². The Labute approximate surface area is 175 Å². The van der Waals surface area contributed by atoms with Crippen molar-refractivity contribution < 1.29 is 9.90 Å². The lowest BCUT2D eigenvalue weighted by Gasteiger charge is -2.27. The monoisotopic (exact) mass is 405 g/mol. The zero-order valence-corrected chi connectivity index (χ0v) is 18.5. The van der Waals surface area contributed by atoms with E-state index in [-0.39, 0.29) is 18.1 Å². The molecule has 29 heavy (non-hydrogen) atoms. The maximum absolute atomic E-state index is 12.6. The maximum Gasteiger partial charge on any atom is 0.253 e. The summed E-state index contributed by atoms with van der Waals surface area (Å²) in [5.74, 6) is 0.00920. The number of benzene rings is 1. The third kappa shape index (κ3) is 10.5. The minimum atomic E-state index is -0.0533. The van der Waals surface area contributed by atoms with E-state index in [1.54, 1.807) is 4.90 Å². The summed E-state index contributed by atoms with van der Waals surface area (Å²) in [4.78, 5) is 18.9. The minimum Gasteiger partial charge on any atom is -0.395 e. The van der Waals surface area contributed by atoms with Crippen LogP contribution < -0.4 is 16.4 Å². The largest absolute Gasteiger partial charge is 0.395 e. The normalized spacial score (nSPS) is 12.3. The van der Waals surface area contributed by atoms with E-state index in [0.29, 0.717) is 25.2 Å². The first-order chi connectivity index (χ1) is 13.8. The van der Waals surface area contributed by atoms with Gasteiger partial charge in [-0.3, -0.25) is 9.79 Å². The molecule has 7 nitrogen and oxygen atoms in total. The molecule has 0 heterocycles. The third-order valence-corrected chi connectivity index (χ3v) is 4.88. The molecule has 0 bridgehead atoms. The quantitative estimate of drug-likeness (QED) is 0.277. The Balaban J connectivity index is 2.34. The van der Waals surface area contributed by atoms with Gasteiger partial charge in [0.1, 0.15) is 0 Å². The summed E-state index contributed by atoms with van der Waals surface area (Å²) in [5.41, 5.74) is 8.37. The van der Waals surface area contributed by atoms with E-state index in [9.17, 15) is 4.79 Å². The van der Waals surface area contributed by atoms with Gasteiger partial charge in [0.05, 0.1) is 6.61 Å². The highest BCUT2D eigenvalue weighted by molar-refractivity contribution is 5.94. The van der Waals surface area contributed by atoms with Crippen LogP contribution in [0.15, 0.2) is 29.3 Å². The summed E-state index contributed by atoms with van der Waals surface area (Å²) in [6.45, 7) is 10.5. The standard InChI is InChI=1S/C22H39N5O2/c1-18(8-10-24-13-15-28)25-11-9-22(2,3)26-12-14-27(4)21(29)20-7-5-6-19(16-20)17-23/h5-7,16,24,26,28H,8-15,17,23H2,1-4H3/b25-18+. The molecule has 0 unspecified atom stereocenters. The number of carbonyl (C=O) groups is 1. The summed E-state index contributed by atoms with van der Waals surface area (Å²) in [7, 11) is 1.82. The lowest BCUT2D eigenvalue weighted by Crippen LogP contribution is -2.44. The number of aliphatic hydroxyl groups excluding tert-OH is 1. The molecule has 0 aliphatic carbocycles. The van der Waals surface area contributed by atoms with Crippen LogP contribution in [0.3, 0.4) is 0 Å². The Morgan fingerprint density at radius 2 is 2.03 bits per heavy atom. The summed E-state index contributed by atoms with van der Waals surface area (Å²) in [5, 5.41) is 15.4. The molecule has 0 saturated heterocycles. The summed E-state index contributed by atoms with van der Waals surface area (Å²) in [6, 6.07) is 7.48. The number of nitrogens with one attached hydrogen (secondary N) is 2. The predicted octanol–water partition coefficient (Wildman–Crippen LogP) is 1.41. The molecule has 1 aromatic carbocycles. The lowest BCUT2D eigenvalue weighted by molar-refractivity contribution is 0.0792. The fourth-order valence-corrected chi connectivity index (χ4v) is 2.88. The summed E-state index contributed by atoms with van der Waals surface area (Å²) in [6.07, 6.45) is 1.82. The van der Waals surface area contributed by atoms with Crippen molar-refractivity contribution in [2.75, 3.05) is 46.4 Å². The van der Waals surface area contributed by atoms with Gasteiger partial charge in [0.15, 0.2) is 0 Å². The Kier molecular flexibility index (Phi) is 11.7. The van der Waals surface area contributed by atoms with Crippen LogP contribution in [0, 0.1) is 0 Å². The van der Waals surface area contributed by atoms with Gasteiger partial charge >= 0.3 is 0 Å². The van der Waals surface area contributed by atoms with E-state index in [1.165, 1.54) is 0 Å². The van der Waals surface area contributed by atoms with Gasteiger partial charge in [0, 0.05) is 63.1 Å². The van der Waals surface area contributed by atoms with Crippen LogP contribution in [-0.2, 0) is 6.54 Å². The molecule has 7 heteroatoms. The first-order valence-corrected chi connectivity index (χ1v) is 10.4. The number of carbonyl (C=O) groups excluding carboxylic acids is 1. The average Bonchev–Trinajstić information content (AvgIpc) is 2.70. The van der Waals surface area contributed by atoms with Crippen molar-refractivity contribution >= 4 is 11.6 Å². The first kappa shape index (κ1) is 25.2. The van der Waals surface area contributed by atoms with Crippen LogP contribution in [0.25, 0.3) is 0 Å². The van der Waals surface area contributed by atoms with E-state index in [0.717, 1.165) is 43.8 Å².